The average molecular weight is 248 g/mol. The maximum Gasteiger partial charge on any atom is 0.184 e. The zero-order valence-corrected chi connectivity index (χ0v) is 10.7. The monoisotopic (exact) mass is 248 g/mol. The molecule has 1 heterocycles. The molecule has 3 rings (SSSR count). The number of ether oxygens (including phenoxy) is 2. The van der Waals surface area contributed by atoms with Crippen molar-refractivity contribution in [1.82, 2.24) is 0 Å². The molecule has 0 radical (unpaired) electrons. The van der Waals surface area contributed by atoms with Crippen LogP contribution in [0.2, 0.25) is 0 Å². The highest BCUT2D eigenvalue weighted by atomic mass is 16.7. The summed E-state index contributed by atoms with van der Waals surface area (Å²) in [7, 11) is 0. The van der Waals surface area contributed by atoms with Crippen LogP contribution in [-0.2, 0) is 9.47 Å². The highest BCUT2D eigenvalue weighted by Gasteiger charge is 2.46. The van der Waals surface area contributed by atoms with Gasteiger partial charge in [0.25, 0.3) is 0 Å². The number of aliphatic hydroxyl groups excluding tert-OH is 1. The number of hydrogen-bond acceptors (Lipinski definition) is 3. The molecule has 2 fully saturated rings. The van der Waals surface area contributed by atoms with E-state index in [9.17, 15) is 5.11 Å². The van der Waals surface area contributed by atoms with Crippen molar-refractivity contribution in [1.29, 1.82) is 0 Å². The van der Waals surface area contributed by atoms with Crippen molar-refractivity contribution in [2.45, 2.75) is 44.2 Å². The Bertz CT molecular complexity index is 393. The molecule has 1 spiro atoms. The minimum atomic E-state index is -0.280. The summed E-state index contributed by atoms with van der Waals surface area (Å²) in [4.78, 5) is 0. The number of benzene rings is 1. The fraction of sp³-hybridized carbons (Fsp3) is 0.600. The lowest BCUT2D eigenvalue weighted by atomic mass is 9.78. The van der Waals surface area contributed by atoms with E-state index in [0.717, 1.165) is 18.4 Å². The van der Waals surface area contributed by atoms with Gasteiger partial charge >= 0.3 is 0 Å². The fourth-order valence-electron chi connectivity index (χ4n) is 3.29. The molecule has 1 saturated heterocycles. The largest absolute Gasteiger partial charge is 0.393 e. The van der Waals surface area contributed by atoms with Gasteiger partial charge < -0.3 is 14.6 Å². The molecule has 98 valence electrons. The van der Waals surface area contributed by atoms with Gasteiger partial charge in [-0.05, 0) is 18.8 Å². The predicted molar refractivity (Wildman–Crippen MR) is 68.0 cm³/mol. The predicted octanol–water partition coefficient (Wildman–Crippen LogP) is 2.65. The van der Waals surface area contributed by atoms with Gasteiger partial charge in [0.2, 0.25) is 0 Å². The van der Waals surface area contributed by atoms with E-state index in [4.69, 9.17) is 9.47 Å². The molecule has 4 atom stereocenters. The van der Waals surface area contributed by atoms with E-state index >= 15 is 0 Å². The molecule has 1 saturated carbocycles. The van der Waals surface area contributed by atoms with Crippen LogP contribution in [0.3, 0.4) is 0 Å². The Hall–Kier alpha value is -0.900. The first-order chi connectivity index (χ1) is 8.67. The Morgan fingerprint density at radius 3 is 2.72 bits per heavy atom. The van der Waals surface area contributed by atoms with Gasteiger partial charge in [0.05, 0.1) is 18.3 Å². The maximum absolute atomic E-state index is 9.93. The van der Waals surface area contributed by atoms with Crippen LogP contribution in [0.4, 0.5) is 0 Å². The van der Waals surface area contributed by atoms with Gasteiger partial charge in [0.1, 0.15) is 0 Å². The maximum atomic E-state index is 9.93. The van der Waals surface area contributed by atoms with Gasteiger partial charge in [-0.1, -0.05) is 37.3 Å². The van der Waals surface area contributed by atoms with Crippen LogP contribution in [0.1, 0.15) is 38.0 Å². The standard InChI is InChI=1S/C15H20O3/c1-11-7-13(16)9-15(8-11)10-17-14(18-15)12-5-3-2-4-6-12/h2-6,11,13-14,16H,7-10H2,1H3/t11-,13+,14?,15+/m0/s1. The molecule has 1 N–H and O–H groups in total. The average Bonchev–Trinajstić information content (AvgIpc) is 2.72. The van der Waals surface area contributed by atoms with Gasteiger partial charge in [-0.25, -0.2) is 0 Å². The Balaban J connectivity index is 1.74. The second kappa shape index (κ2) is 4.65. The molecule has 0 amide bonds. The molecule has 18 heavy (non-hydrogen) atoms. The SMILES string of the molecule is C[C@H]1C[C@@H](O)C[C@@]2(COC(c3ccccc3)O2)C1. The van der Waals surface area contributed by atoms with Crippen molar-refractivity contribution in [3.8, 4) is 0 Å². The van der Waals surface area contributed by atoms with E-state index in [0.29, 0.717) is 18.9 Å². The minimum Gasteiger partial charge on any atom is -0.393 e. The van der Waals surface area contributed by atoms with Crippen molar-refractivity contribution >= 4 is 0 Å². The summed E-state index contributed by atoms with van der Waals surface area (Å²) in [5.74, 6) is 0.492. The lowest BCUT2D eigenvalue weighted by Crippen LogP contribution is -2.42. The lowest BCUT2D eigenvalue weighted by molar-refractivity contribution is -0.124. The molecule has 3 nitrogen and oxygen atoms in total. The highest BCUT2D eigenvalue weighted by molar-refractivity contribution is 5.17. The number of rotatable bonds is 1. The van der Waals surface area contributed by atoms with Crippen LogP contribution in [0, 0.1) is 5.92 Å². The first kappa shape index (κ1) is 12.2. The van der Waals surface area contributed by atoms with Crippen LogP contribution >= 0.6 is 0 Å². The lowest BCUT2D eigenvalue weighted by Gasteiger charge is -2.37. The topological polar surface area (TPSA) is 38.7 Å². The van der Waals surface area contributed by atoms with Crippen molar-refractivity contribution in [2.75, 3.05) is 6.61 Å². The zero-order valence-electron chi connectivity index (χ0n) is 10.7. The van der Waals surface area contributed by atoms with E-state index in [1.54, 1.807) is 0 Å². The molecule has 1 aliphatic carbocycles. The third kappa shape index (κ3) is 2.30. The Morgan fingerprint density at radius 2 is 2.00 bits per heavy atom. The molecule has 1 unspecified atom stereocenters. The highest BCUT2D eigenvalue weighted by Crippen LogP contribution is 2.44. The normalized spacial score (nSPS) is 40.2. The second-order valence-corrected chi connectivity index (χ2v) is 5.76. The van der Waals surface area contributed by atoms with E-state index < -0.39 is 0 Å². The van der Waals surface area contributed by atoms with Crippen molar-refractivity contribution in [2.24, 2.45) is 5.92 Å². The Morgan fingerprint density at radius 1 is 1.22 bits per heavy atom. The summed E-state index contributed by atoms with van der Waals surface area (Å²) in [6.45, 7) is 2.76. The third-order valence-corrected chi connectivity index (χ3v) is 3.93. The van der Waals surface area contributed by atoms with E-state index in [2.05, 4.69) is 6.92 Å². The van der Waals surface area contributed by atoms with Crippen LogP contribution in [0.15, 0.2) is 30.3 Å². The number of hydrogen-bond donors (Lipinski definition) is 1. The number of aliphatic hydroxyl groups is 1. The molecule has 1 aromatic carbocycles. The molecular formula is C15H20O3. The molecule has 3 heteroatoms. The van der Waals surface area contributed by atoms with E-state index in [1.807, 2.05) is 30.3 Å². The zero-order chi connectivity index (χ0) is 12.6. The molecule has 2 aliphatic rings. The molecule has 0 aromatic heterocycles. The molecule has 1 aromatic rings. The van der Waals surface area contributed by atoms with Crippen LogP contribution < -0.4 is 0 Å². The summed E-state index contributed by atoms with van der Waals surface area (Å²) < 4.78 is 11.9. The first-order valence-corrected chi connectivity index (χ1v) is 6.69. The summed E-state index contributed by atoms with van der Waals surface area (Å²) in [5, 5.41) is 9.93. The fourth-order valence-corrected chi connectivity index (χ4v) is 3.29. The summed E-state index contributed by atoms with van der Waals surface area (Å²) in [6, 6.07) is 10.0. The molecular weight excluding hydrogens is 228 g/mol. The Labute approximate surface area is 108 Å². The van der Waals surface area contributed by atoms with Gasteiger partial charge in [-0.15, -0.1) is 0 Å². The van der Waals surface area contributed by atoms with E-state index in [-0.39, 0.29) is 18.0 Å². The van der Waals surface area contributed by atoms with Gasteiger partial charge in [-0.3, -0.25) is 0 Å². The summed E-state index contributed by atoms with van der Waals surface area (Å²) >= 11 is 0. The van der Waals surface area contributed by atoms with Gasteiger partial charge in [0.15, 0.2) is 6.29 Å². The van der Waals surface area contributed by atoms with Gasteiger partial charge in [-0.2, -0.15) is 0 Å². The smallest absolute Gasteiger partial charge is 0.184 e. The first-order valence-electron chi connectivity index (χ1n) is 6.69. The van der Waals surface area contributed by atoms with Crippen LogP contribution in [0.5, 0.6) is 0 Å². The van der Waals surface area contributed by atoms with Crippen molar-refractivity contribution in [3.63, 3.8) is 0 Å². The Kier molecular flexibility index (Phi) is 3.14. The van der Waals surface area contributed by atoms with E-state index in [1.165, 1.54) is 0 Å². The van der Waals surface area contributed by atoms with Gasteiger partial charge in [0, 0.05) is 12.0 Å². The minimum absolute atomic E-state index is 0.258. The van der Waals surface area contributed by atoms with Crippen LogP contribution in [-0.4, -0.2) is 23.4 Å². The van der Waals surface area contributed by atoms with Crippen molar-refractivity contribution < 1.29 is 14.6 Å². The summed E-state index contributed by atoms with van der Waals surface area (Å²) in [6.07, 6.45) is 2.02. The quantitative estimate of drug-likeness (QED) is 0.830. The molecule has 1 aliphatic heterocycles. The molecule has 0 bridgehead atoms. The van der Waals surface area contributed by atoms with Crippen LogP contribution in [0.25, 0.3) is 0 Å². The second-order valence-electron chi connectivity index (χ2n) is 5.76. The third-order valence-electron chi connectivity index (χ3n) is 3.93. The summed E-state index contributed by atoms with van der Waals surface area (Å²) in [5.41, 5.74) is 0.777. The van der Waals surface area contributed by atoms with Crippen molar-refractivity contribution in [3.05, 3.63) is 35.9 Å².